The summed E-state index contributed by atoms with van der Waals surface area (Å²) >= 11 is 0. The lowest BCUT2D eigenvalue weighted by atomic mass is 9.79. The number of hydrogen-bond acceptors (Lipinski definition) is 3. The molecular weight excluding hydrogens is 258 g/mol. The topological polar surface area (TPSA) is 39.1 Å². The van der Waals surface area contributed by atoms with Crippen molar-refractivity contribution in [3.63, 3.8) is 0 Å². The number of nitrogens with zero attached hydrogens (tertiary/aromatic N) is 2. The van der Waals surface area contributed by atoms with Crippen molar-refractivity contribution in [2.24, 2.45) is 0 Å². The summed E-state index contributed by atoms with van der Waals surface area (Å²) in [5, 5.41) is 13.2. The average molecular weight is 283 g/mol. The maximum atomic E-state index is 9.67. The zero-order chi connectivity index (χ0) is 14.7. The van der Waals surface area contributed by atoms with Crippen LogP contribution < -0.4 is 5.32 Å². The minimum absolute atomic E-state index is 0.298. The smallest absolute Gasteiger partial charge is 0.108 e. The molecule has 3 heteroatoms. The molecule has 1 fully saturated rings. The van der Waals surface area contributed by atoms with Gasteiger partial charge >= 0.3 is 0 Å². The Labute approximate surface area is 128 Å². The fourth-order valence-corrected chi connectivity index (χ4v) is 3.84. The number of fused-ring (bicyclic) bond motifs is 1. The van der Waals surface area contributed by atoms with Crippen LogP contribution in [0.15, 0.2) is 24.3 Å². The predicted molar refractivity (Wildman–Crippen MR) is 84.6 cm³/mol. The average Bonchev–Trinajstić information content (AvgIpc) is 2.97. The van der Waals surface area contributed by atoms with E-state index in [0.717, 1.165) is 45.3 Å². The van der Waals surface area contributed by atoms with Gasteiger partial charge in [-0.15, -0.1) is 0 Å². The lowest BCUT2D eigenvalue weighted by molar-refractivity contribution is 0.118. The molecule has 0 spiro atoms. The van der Waals surface area contributed by atoms with Crippen LogP contribution in [0.2, 0.25) is 0 Å². The second kappa shape index (κ2) is 6.17. The molecule has 1 aliphatic heterocycles. The van der Waals surface area contributed by atoms with Gasteiger partial charge in [0.25, 0.3) is 0 Å². The quantitative estimate of drug-likeness (QED) is 0.922. The van der Waals surface area contributed by atoms with Crippen molar-refractivity contribution in [1.82, 2.24) is 10.2 Å². The number of hydrogen-bond donors (Lipinski definition) is 1. The standard InChI is InChI=1S/C18H25N3/c1-2-10-20-18(14-19)9-5-8-17(11-18)21-12-15-6-3-4-7-16(15)13-21/h3-4,6-7,17,20H,2,5,8-13H2,1H3. The largest absolute Gasteiger partial charge is 0.299 e. The van der Waals surface area contributed by atoms with Crippen LogP contribution in [-0.4, -0.2) is 23.0 Å². The first-order valence-corrected chi connectivity index (χ1v) is 8.23. The first-order chi connectivity index (χ1) is 10.3. The number of rotatable bonds is 4. The van der Waals surface area contributed by atoms with E-state index in [2.05, 4.69) is 47.5 Å². The zero-order valence-corrected chi connectivity index (χ0v) is 12.9. The van der Waals surface area contributed by atoms with Gasteiger partial charge in [-0.25, -0.2) is 0 Å². The molecule has 1 aromatic carbocycles. The van der Waals surface area contributed by atoms with Crippen molar-refractivity contribution in [1.29, 1.82) is 5.26 Å². The summed E-state index contributed by atoms with van der Waals surface area (Å²) in [6, 6.07) is 11.9. The predicted octanol–water partition coefficient (Wildman–Crippen LogP) is 3.21. The van der Waals surface area contributed by atoms with Crippen LogP contribution >= 0.6 is 0 Å². The van der Waals surface area contributed by atoms with Crippen molar-refractivity contribution in [2.75, 3.05) is 6.54 Å². The van der Waals surface area contributed by atoms with E-state index in [1.165, 1.54) is 17.5 Å². The van der Waals surface area contributed by atoms with Crippen LogP contribution in [0, 0.1) is 11.3 Å². The van der Waals surface area contributed by atoms with E-state index >= 15 is 0 Å². The van der Waals surface area contributed by atoms with Gasteiger partial charge in [0.1, 0.15) is 5.54 Å². The molecule has 1 saturated carbocycles. The van der Waals surface area contributed by atoms with E-state index in [0.29, 0.717) is 6.04 Å². The van der Waals surface area contributed by atoms with E-state index < -0.39 is 0 Å². The summed E-state index contributed by atoms with van der Waals surface area (Å²) in [4.78, 5) is 2.57. The van der Waals surface area contributed by atoms with Gasteiger partial charge in [-0.05, 0) is 49.8 Å². The number of nitriles is 1. The summed E-state index contributed by atoms with van der Waals surface area (Å²) in [5.74, 6) is 0. The molecule has 2 aliphatic rings. The van der Waals surface area contributed by atoms with Crippen molar-refractivity contribution in [2.45, 2.75) is 63.7 Å². The highest BCUT2D eigenvalue weighted by Crippen LogP contribution is 2.35. The molecule has 1 heterocycles. The first kappa shape index (κ1) is 14.6. The molecule has 1 N–H and O–H groups in total. The molecule has 3 rings (SSSR count). The van der Waals surface area contributed by atoms with Crippen molar-refractivity contribution in [3.8, 4) is 6.07 Å². The molecule has 1 aromatic rings. The van der Waals surface area contributed by atoms with E-state index in [9.17, 15) is 5.26 Å². The van der Waals surface area contributed by atoms with Crippen LogP contribution in [-0.2, 0) is 13.1 Å². The van der Waals surface area contributed by atoms with Crippen LogP contribution in [0.3, 0.4) is 0 Å². The van der Waals surface area contributed by atoms with Crippen LogP contribution in [0.5, 0.6) is 0 Å². The van der Waals surface area contributed by atoms with E-state index in [1.807, 2.05) is 0 Å². The molecule has 21 heavy (non-hydrogen) atoms. The molecule has 112 valence electrons. The third-order valence-electron chi connectivity index (χ3n) is 5.03. The van der Waals surface area contributed by atoms with Gasteiger partial charge in [0.15, 0.2) is 0 Å². The third-order valence-corrected chi connectivity index (χ3v) is 5.03. The molecule has 2 unspecified atom stereocenters. The second-order valence-electron chi connectivity index (χ2n) is 6.54. The molecule has 0 radical (unpaired) electrons. The normalized spacial score (nSPS) is 29.0. The highest BCUT2D eigenvalue weighted by atomic mass is 15.2. The van der Waals surface area contributed by atoms with E-state index in [4.69, 9.17) is 0 Å². The third kappa shape index (κ3) is 2.97. The maximum absolute atomic E-state index is 9.67. The fraction of sp³-hybridized carbons (Fsp3) is 0.611. The van der Waals surface area contributed by atoms with Crippen LogP contribution in [0.1, 0.15) is 50.2 Å². The molecule has 1 aliphatic carbocycles. The van der Waals surface area contributed by atoms with Gasteiger partial charge in [-0.3, -0.25) is 10.2 Å². The summed E-state index contributed by atoms with van der Waals surface area (Å²) < 4.78 is 0. The van der Waals surface area contributed by atoms with E-state index in [-0.39, 0.29) is 5.54 Å². The van der Waals surface area contributed by atoms with Gasteiger partial charge in [0.2, 0.25) is 0 Å². The van der Waals surface area contributed by atoms with Crippen molar-refractivity contribution in [3.05, 3.63) is 35.4 Å². The maximum Gasteiger partial charge on any atom is 0.108 e. The molecule has 3 nitrogen and oxygen atoms in total. The number of nitrogens with one attached hydrogen (secondary N) is 1. The minimum Gasteiger partial charge on any atom is -0.299 e. The lowest BCUT2D eigenvalue weighted by Crippen LogP contribution is -2.52. The molecule has 0 aromatic heterocycles. The van der Waals surface area contributed by atoms with Gasteiger partial charge in [-0.2, -0.15) is 5.26 Å². The van der Waals surface area contributed by atoms with Gasteiger partial charge in [0, 0.05) is 19.1 Å². The summed E-state index contributed by atoms with van der Waals surface area (Å²) in [6.07, 6.45) is 5.44. The second-order valence-corrected chi connectivity index (χ2v) is 6.54. The molecule has 0 saturated heterocycles. The Bertz CT molecular complexity index is 509. The Hall–Kier alpha value is -1.37. The zero-order valence-electron chi connectivity index (χ0n) is 12.9. The summed E-state index contributed by atoms with van der Waals surface area (Å²) in [5.41, 5.74) is 2.63. The van der Waals surface area contributed by atoms with Gasteiger partial charge in [-0.1, -0.05) is 31.2 Å². The molecule has 0 bridgehead atoms. The molecular formula is C18H25N3. The molecule has 2 atom stereocenters. The Morgan fingerprint density at radius 1 is 1.33 bits per heavy atom. The van der Waals surface area contributed by atoms with Gasteiger partial charge in [0.05, 0.1) is 6.07 Å². The summed E-state index contributed by atoms with van der Waals surface area (Å²) in [6.45, 7) is 5.21. The molecule has 0 amide bonds. The minimum atomic E-state index is -0.298. The Balaban J connectivity index is 1.69. The van der Waals surface area contributed by atoms with Crippen LogP contribution in [0.4, 0.5) is 0 Å². The van der Waals surface area contributed by atoms with E-state index in [1.54, 1.807) is 0 Å². The Kier molecular flexibility index (Phi) is 4.28. The SMILES string of the molecule is CCCNC1(C#N)CCCC(N2Cc3ccccc3C2)C1. The monoisotopic (exact) mass is 283 g/mol. The van der Waals surface area contributed by atoms with Gasteiger partial charge < -0.3 is 0 Å². The van der Waals surface area contributed by atoms with Crippen molar-refractivity contribution < 1.29 is 0 Å². The Morgan fingerprint density at radius 2 is 2.05 bits per heavy atom. The van der Waals surface area contributed by atoms with Crippen LogP contribution in [0.25, 0.3) is 0 Å². The fourth-order valence-electron chi connectivity index (χ4n) is 3.84. The Morgan fingerprint density at radius 3 is 2.67 bits per heavy atom. The highest BCUT2D eigenvalue weighted by molar-refractivity contribution is 5.30. The first-order valence-electron chi connectivity index (χ1n) is 8.23. The highest BCUT2D eigenvalue weighted by Gasteiger charge is 2.39. The summed E-state index contributed by atoms with van der Waals surface area (Å²) in [7, 11) is 0. The van der Waals surface area contributed by atoms with Crippen molar-refractivity contribution >= 4 is 0 Å². The number of benzene rings is 1. The lowest BCUT2D eigenvalue weighted by Gasteiger charge is -2.40.